The highest BCUT2D eigenvalue weighted by atomic mass is 32.1. The molecule has 0 spiro atoms. The molecule has 0 radical (unpaired) electrons. The molecule has 2 heterocycles. The number of carbonyl (C=O) groups is 2. The van der Waals surface area contributed by atoms with Gasteiger partial charge in [0, 0.05) is 18.1 Å². The Balaban J connectivity index is 1.61. The molecule has 8 nitrogen and oxygen atoms in total. The lowest BCUT2D eigenvalue weighted by Crippen LogP contribution is -2.61. The topological polar surface area (TPSA) is 115 Å². The third-order valence-corrected chi connectivity index (χ3v) is 6.11. The number of carbonyl (C=O) groups excluding carboxylic acids is 2. The summed E-state index contributed by atoms with van der Waals surface area (Å²) in [6.07, 6.45) is 5.60. The number of hydrogen-bond donors (Lipinski definition) is 4. The average molecular weight is 408 g/mol. The Kier molecular flexibility index (Phi) is 6.95. The number of aromatic nitrogens is 1. The van der Waals surface area contributed by atoms with Crippen LogP contribution in [0.3, 0.4) is 0 Å². The highest BCUT2D eigenvalue weighted by Gasteiger charge is 2.39. The summed E-state index contributed by atoms with van der Waals surface area (Å²) in [6, 6.07) is -0.970. The summed E-state index contributed by atoms with van der Waals surface area (Å²) in [5, 5.41) is 27.5. The van der Waals surface area contributed by atoms with E-state index in [1.54, 1.807) is 6.20 Å². The number of rotatable bonds is 10. The monoisotopic (exact) mass is 408 g/mol. The molecule has 28 heavy (non-hydrogen) atoms. The average Bonchev–Trinajstić information content (AvgIpc) is 3.24. The van der Waals surface area contributed by atoms with Crippen molar-refractivity contribution in [1.82, 2.24) is 15.6 Å². The van der Waals surface area contributed by atoms with Gasteiger partial charge in [0.25, 0.3) is 0 Å². The van der Waals surface area contributed by atoms with E-state index in [0.717, 1.165) is 30.9 Å². The molecule has 0 aromatic carbocycles. The van der Waals surface area contributed by atoms with Gasteiger partial charge in [-0.05, 0) is 31.1 Å². The number of amides is 2. The molecule has 0 bridgehead atoms. The Morgan fingerprint density at radius 1 is 1.32 bits per heavy atom. The molecule has 1 saturated heterocycles. The molecule has 4 N–H and O–H groups in total. The summed E-state index contributed by atoms with van der Waals surface area (Å²) in [4.78, 5) is 31.8. The summed E-state index contributed by atoms with van der Waals surface area (Å²) in [5.41, 5.74) is 0. The first-order chi connectivity index (χ1) is 13.3. The smallest absolute Gasteiger partial charge is 0.426 e. The lowest BCUT2D eigenvalue weighted by Gasteiger charge is -2.40. The van der Waals surface area contributed by atoms with Crippen molar-refractivity contribution in [3.63, 3.8) is 0 Å². The second-order valence-electron chi connectivity index (χ2n) is 8.21. The van der Waals surface area contributed by atoms with Crippen LogP contribution in [-0.2, 0) is 9.59 Å². The van der Waals surface area contributed by atoms with E-state index in [2.05, 4.69) is 15.6 Å². The van der Waals surface area contributed by atoms with Gasteiger partial charge in [-0.2, -0.15) is 0 Å². The maximum Gasteiger partial charge on any atom is 0.475 e. The number of nitrogens with zero attached hydrogens (tertiary/aromatic N) is 2. The molecule has 1 aliphatic carbocycles. The third kappa shape index (κ3) is 5.45. The lowest BCUT2D eigenvalue weighted by atomic mass is 9.75. The van der Waals surface area contributed by atoms with Gasteiger partial charge in [-0.25, -0.2) is 4.98 Å². The van der Waals surface area contributed by atoms with E-state index >= 15 is 0 Å². The van der Waals surface area contributed by atoms with E-state index in [-0.39, 0.29) is 23.8 Å². The molecule has 10 heteroatoms. The fraction of sp³-hybridized carbons (Fsp3) is 0.722. The Bertz CT molecular complexity index is 669. The standard InChI is InChI=1S/C18H29BN4O4S/c1-11(2)9-15(19(26)27)22-16(24)13(10-12-3-4-12)21-17(25)14-5-7-23(14)18-20-6-8-28-18/h6,8,11-15,26-27H,3-5,7,9-10H2,1-2H3,(H,21,25)(H,22,24). The molecule has 2 aliphatic rings. The molecule has 1 aliphatic heterocycles. The van der Waals surface area contributed by atoms with E-state index in [1.165, 1.54) is 11.3 Å². The van der Waals surface area contributed by atoms with E-state index < -0.39 is 19.1 Å². The van der Waals surface area contributed by atoms with Gasteiger partial charge in [-0.3, -0.25) is 9.59 Å². The number of hydrogen-bond acceptors (Lipinski definition) is 7. The molecule has 3 unspecified atom stereocenters. The zero-order chi connectivity index (χ0) is 20.3. The fourth-order valence-electron chi connectivity index (χ4n) is 3.48. The molecule has 1 aromatic heterocycles. The van der Waals surface area contributed by atoms with Gasteiger partial charge in [0.05, 0.1) is 5.94 Å². The molecule has 1 saturated carbocycles. The SMILES string of the molecule is CC(C)CC(NC(=O)C(CC1CC1)NC(=O)C1CCN1c1nccs1)B(O)O. The van der Waals surface area contributed by atoms with Gasteiger partial charge in [-0.15, -0.1) is 11.3 Å². The number of thiazole rings is 1. The van der Waals surface area contributed by atoms with Crippen LogP contribution < -0.4 is 15.5 Å². The Hall–Kier alpha value is -1.65. The van der Waals surface area contributed by atoms with Gasteiger partial charge in [0.15, 0.2) is 5.13 Å². The molecular formula is C18H29BN4O4S. The molecular weight excluding hydrogens is 379 g/mol. The summed E-state index contributed by atoms with van der Waals surface area (Å²) in [6.45, 7) is 4.68. The molecule has 1 aromatic rings. The van der Waals surface area contributed by atoms with E-state index in [4.69, 9.17) is 0 Å². The first-order valence-corrected chi connectivity index (χ1v) is 10.9. The van der Waals surface area contributed by atoms with Crippen molar-refractivity contribution in [1.29, 1.82) is 0 Å². The van der Waals surface area contributed by atoms with Crippen molar-refractivity contribution in [3.05, 3.63) is 11.6 Å². The minimum atomic E-state index is -1.63. The van der Waals surface area contributed by atoms with Crippen LogP contribution in [0.5, 0.6) is 0 Å². The fourth-order valence-corrected chi connectivity index (χ4v) is 4.20. The van der Waals surface area contributed by atoms with Crippen molar-refractivity contribution in [2.24, 2.45) is 11.8 Å². The predicted molar refractivity (Wildman–Crippen MR) is 109 cm³/mol. The maximum absolute atomic E-state index is 12.8. The molecule has 154 valence electrons. The summed E-state index contributed by atoms with van der Waals surface area (Å²) >= 11 is 1.49. The van der Waals surface area contributed by atoms with E-state index in [1.807, 2.05) is 24.1 Å². The van der Waals surface area contributed by atoms with Gasteiger partial charge in [0.1, 0.15) is 12.1 Å². The normalized spacial score (nSPS) is 21.0. The minimum Gasteiger partial charge on any atom is -0.426 e. The van der Waals surface area contributed by atoms with Crippen LogP contribution in [-0.4, -0.2) is 58.5 Å². The largest absolute Gasteiger partial charge is 0.475 e. The van der Waals surface area contributed by atoms with Crippen LogP contribution in [0, 0.1) is 11.8 Å². The van der Waals surface area contributed by atoms with Crippen LogP contribution in [0.2, 0.25) is 0 Å². The second kappa shape index (κ2) is 9.24. The lowest BCUT2D eigenvalue weighted by molar-refractivity contribution is -0.130. The van der Waals surface area contributed by atoms with Crippen molar-refractivity contribution in [3.8, 4) is 0 Å². The highest BCUT2D eigenvalue weighted by Crippen LogP contribution is 2.34. The first kappa shape index (κ1) is 21.1. The number of nitrogens with one attached hydrogen (secondary N) is 2. The zero-order valence-electron chi connectivity index (χ0n) is 16.4. The van der Waals surface area contributed by atoms with Crippen molar-refractivity contribution >= 4 is 35.4 Å². The Morgan fingerprint density at radius 3 is 2.57 bits per heavy atom. The quantitative estimate of drug-likeness (QED) is 0.421. The Labute approximate surface area is 169 Å². The van der Waals surface area contributed by atoms with Crippen molar-refractivity contribution in [2.75, 3.05) is 11.4 Å². The number of anilines is 1. The molecule has 2 amide bonds. The third-order valence-electron chi connectivity index (χ3n) is 5.30. The van der Waals surface area contributed by atoms with Crippen molar-refractivity contribution in [2.45, 2.75) is 64.0 Å². The first-order valence-electron chi connectivity index (χ1n) is 9.98. The summed E-state index contributed by atoms with van der Waals surface area (Å²) < 4.78 is 0. The second-order valence-corrected chi connectivity index (χ2v) is 9.08. The van der Waals surface area contributed by atoms with Crippen LogP contribution in [0.25, 0.3) is 0 Å². The van der Waals surface area contributed by atoms with Crippen LogP contribution in [0.15, 0.2) is 11.6 Å². The van der Waals surface area contributed by atoms with Crippen molar-refractivity contribution < 1.29 is 19.6 Å². The van der Waals surface area contributed by atoms with E-state index in [0.29, 0.717) is 18.8 Å². The highest BCUT2D eigenvalue weighted by molar-refractivity contribution is 7.13. The summed E-state index contributed by atoms with van der Waals surface area (Å²) in [5.74, 6) is -0.631. The van der Waals surface area contributed by atoms with Crippen LogP contribution in [0.4, 0.5) is 5.13 Å². The Morgan fingerprint density at radius 2 is 2.07 bits per heavy atom. The van der Waals surface area contributed by atoms with Crippen LogP contribution >= 0.6 is 11.3 Å². The van der Waals surface area contributed by atoms with Gasteiger partial charge in [-0.1, -0.05) is 26.7 Å². The molecule has 2 fully saturated rings. The van der Waals surface area contributed by atoms with Gasteiger partial charge >= 0.3 is 7.12 Å². The van der Waals surface area contributed by atoms with Crippen LogP contribution in [0.1, 0.15) is 46.0 Å². The zero-order valence-corrected chi connectivity index (χ0v) is 17.2. The summed E-state index contributed by atoms with van der Waals surface area (Å²) in [7, 11) is -1.63. The molecule has 3 rings (SSSR count). The van der Waals surface area contributed by atoms with Gasteiger partial charge < -0.3 is 25.6 Å². The van der Waals surface area contributed by atoms with Gasteiger partial charge in [0.2, 0.25) is 11.8 Å². The maximum atomic E-state index is 12.8. The minimum absolute atomic E-state index is 0.174. The van der Waals surface area contributed by atoms with E-state index in [9.17, 15) is 19.6 Å². The molecule has 3 atom stereocenters. The predicted octanol–water partition coefficient (Wildman–Crippen LogP) is 0.550.